The Kier molecular flexibility index (Phi) is 8.96. The number of hydrogen-bond donors (Lipinski definition) is 0. The van der Waals surface area contributed by atoms with Crippen LogP contribution in [0.2, 0.25) is 0 Å². The van der Waals surface area contributed by atoms with Gasteiger partial charge in [-0.25, -0.2) is 0 Å². The van der Waals surface area contributed by atoms with Gasteiger partial charge in [-0.15, -0.1) is 0 Å². The zero-order valence-electron chi connectivity index (χ0n) is 24.3. The van der Waals surface area contributed by atoms with Gasteiger partial charge in [0.1, 0.15) is 0 Å². The Balaban J connectivity index is 1.37. The van der Waals surface area contributed by atoms with E-state index in [1.54, 1.807) is 6.08 Å². The van der Waals surface area contributed by atoms with Crippen LogP contribution in [0, 0.1) is 0 Å². The van der Waals surface area contributed by atoms with E-state index in [9.17, 15) is 0 Å². The molecule has 0 fully saturated rings. The number of para-hydroxylation sites is 1. The van der Waals surface area contributed by atoms with Crippen LogP contribution in [0.5, 0.6) is 0 Å². The number of benzene rings is 5. The molecule has 0 aliphatic rings. The molecule has 5 aromatic carbocycles. The first kappa shape index (κ1) is 28.2. The van der Waals surface area contributed by atoms with Crippen molar-refractivity contribution in [3.05, 3.63) is 182 Å². The van der Waals surface area contributed by atoms with Gasteiger partial charge in [-0.1, -0.05) is 128 Å². The molecule has 0 aromatic heterocycles. The molecule has 2 heteroatoms. The molecule has 0 amide bonds. The minimum atomic E-state index is 0.915. The Bertz CT molecular complexity index is 1750. The van der Waals surface area contributed by atoms with Crippen LogP contribution in [0.1, 0.15) is 6.92 Å². The Morgan fingerprint density at radius 2 is 1.21 bits per heavy atom. The Labute approximate surface area is 250 Å². The predicted molar refractivity (Wildman–Crippen MR) is 184 cm³/mol. The van der Waals surface area contributed by atoms with Crippen LogP contribution in [-0.4, -0.2) is 7.05 Å². The van der Waals surface area contributed by atoms with Gasteiger partial charge in [0.2, 0.25) is 0 Å². The van der Waals surface area contributed by atoms with E-state index in [4.69, 9.17) is 0 Å². The number of likely N-dealkylation sites (N-methyl/N-ethyl adjacent to an activating group) is 1. The topological polar surface area (TPSA) is 6.48 Å². The lowest BCUT2D eigenvalue weighted by Crippen LogP contribution is -2.13. The summed E-state index contributed by atoms with van der Waals surface area (Å²) in [5, 5.41) is 2.45. The minimum Gasteiger partial charge on any atom is -0.345 e. The maximum atomic E-state index is 4.24. The summed E-state index contributed by atoms with van der Waals surface area (Å²) in [6, 6.07) is 43.0. The van der Waals surface area contributed by atoms with Crippen LogP contribution in [-0.2, 0) is 0 Å². The highest BCUT2D eigenvalue weighted by molar-refractivity contribution is 5.98. The first-order valence-corrected chi connectivity index (χ1v) is 14.2. The largest absolute Gasteiger partial charge is 0.345 e. The first-order valence-electron chi connectivity index (χ1n) is 14.2. The second kappa shape index (κ2) is 13.3. The lowest BCUT2D eigenvalue weighted by Gasteiger charge is -2.27. The number of nitrogens with zero attached hydrogens (tertiary/aromatic N) is 2. The molecule has 0 aliphatic carbocycles. The molecule has 0 saturated heterocycles. The van der Waals surface area contributed by atoms with Crippen LogP contribution < -0.4 is 9.80 Å². The summed E-state index contributed by atoms with van der Waals surface area (Å²) >= 11 is 0. The SMILES string of the molecule is C=C\C=C/C(C)=C/C=C\C(=C)N(C)c1ccc(-c2ccc(N(c3ccccc3)c3cccc4ccccc34)cc2)cc1. The van der Waals surface area contributed by atoms with E-state index in [1.165, 1.54) is 21.9 Å². The summed E-state index contributed by atoms with van der Waals surface area (Å²) in [4.78, 5) is 4.42. The van der Waals surface area contributed by atoms with Crippen molar-refractivity contribution in [2.24, 2.45) is 0 Å². The molecular weight excluding hydrogens is 508 g/mol. The average molecular weight is 545 g/mol. The molecule has 42 heavy (non-hydrogen) atoms. The number of rotatable bonds is 10. The van der Waals surface area contributed by atoms with Gasteiger partial charge in [0.15, 0.2) is 0 Å². The second-order valence-corrected chi connectivity index (χ2v) is 10.2. The molecule has 0 N–H and O–H groups in total. The Hall–Kier alpha value is -5.34. The van der Waals surface area contributed by atoms with Crippen LogP contribution in [0.25, 0.3) is 21.9 Å². The third-order valence-corrected chi connectivity index (χ3v) is 7.31. The number of fused-ring (bicyclic) bond motifs is 1. The molecule has 5 aromatic rings. The summed E-state index contributed by atoms with van der Waals surface area (Å²) in [5.41, 5.74) is 8.90. The van der Waals surface area contributed by atoms with Crippen molar-refractivity contribution in [2.45, 2.75) is 6.92 Å². The molecule has 0 aliphatic heterocycles. The third-order valence-electron chi connectivity index (χ3n) is 7.31. The summed E-state index contributed by atoms with van der Waals surface area (Å²) in [5.74, 6) is 0. The van der Waals surface area contributed by atoms with E-state index in [1.807, 2.05) is 31.4 Å². The standard InChI is InChI=1S/C40H36N2/c1-5-6-14-31(2)15-12-16-32(3)41(4)36-27-23-33(24-28-36)34-25-29-38(30-26-34)42(37-19-8-7-9-20-37)40-22-13-18-35-17-10-11-21-39(35)40/h5-30H,1,3H2,2,4H3/b14-6-,16-12-,31-15+. The normalized spacial score (nSPS) is 11.7. The van der Waals surface area contributed by atoms with Crippen LogP contribution in [0.4, 0.5) is 22.7 Å². The van der Waals surface area contributed by atoms with E-state index in [-0.39, 0.29) is 0 Å². The fourth-order valence-electron chi connectivity index (χ4n) is 4.95. The Morgan fingerprint density at radius 3 is 1.90 bits per heavy atom. The molecule has 5 rings (SSSR count). The number of hydrogen-bond acceptors (Lipinski definition) is 2. The lowest BCUT2D eigenvalue weighted by atomic mass is 10.0. The van der Waals surface area contributed by atoms with Crippen LogP contribution in [0.15, 0.2) is 182 Å². The fourth-order valence-corrected chi connectivity index (χ4v) is 4.95. The number of allylic oxidation sites excluding steroid dienone is 7. The first-order chi connectivity index (χ1) is 20.5. The molecule has 0 spiro atoms. The third kappa shape index (κ3) is 6.51. The van der Waals surface area contributed by atoms with Crippen molar-refractivity contribution >= 4 is 33.5 Å². The van der Waals surface area contributed by atoms with Gasteiger partial charge >= 0.3 is 0 Å². The van der Waals surface area contributed by atoms with Gasteiger partial charge < -0.3 is 9.80 Å². The highest BCUT2D eigenvalue weighted by Crippen LogP contribution is 2.39. The van der Waals surface area contributed by atoms with E-state index in [0.717, 1.165) is 34.0 Å². The second-order valence-electron chi connectivity index (χ2n) is 10.2. The lowest BCUT2D eigenvalue weighted by molar-refractivity contribution is 1.15. The van der Waals surface area contributed by atoms with Gasteiger partial charge in [0.05, 0.1) is 5.69 Å². The highest BCUT2D eigenvalue weighted by atomic mass is 15.1. The van der Waals surface area contributed by atoms with E-state index >= 15 is 0 Å². The maximum absolute atomic E-state index is 4.24. The average Bonchev–Trinajstić information content (AvgIpc) is 3.04. The molecule has 0 radical (unpaired) electrons. The zero-order chi connectivity index (χ0) is 29.3. The summed E-state index contributed by atoms with van der Waals surface area (Å²) < 4.78 is 0. The summed E-state index contributed by atoms with van der Waals surface area (Å²) in [7, 11) is 2.04. The Morgan fingerprint density at radius 1 is 0.619 bits per heavy atom. The molecule has 206 valence electrons. The monoisotopic (exact) mass is 544 g/mol. The van der Waals surface area contributed by atoms with Crippen molar-refractivity contribution in [3.63, 3.8) is 0 Å². The maximum Gasteiger partial charge on any atom is 0.0540 e. The van der Waals surface area contributed by atoms with Crippen molar-refractivity contribution in [1.29, 1.82) is 0 Å². The molecule has 0 atom stereocenters. The van der Waals surface area contributed by atoms with Gasteiger partial charge in [-0.3, -0.25) is 0 Å². The van der Waals surface area contributed by atoms with E-state index < -0.39 is 0 Å². The summed E-state index contributed by atoms with van der Waals surface area (Å²) in [6.07, 6.45) is 11.8. The summed E-state index contributed by atoms with van der Waals surface area (Å²) in [6.45, 7) is 10.0. The molecule has 0 unspecified atom stereocenters. The van der Waals surface area contributed by atoms with Gasteiger partial charge in [0, 0.05) is 35.2 Å². The highest BCUT2D eigenvalue weighted by Gasteiger charge is 2.15. The van der Waals surface area contributed by atoms with Crippen molar-refractivity contribution in [2.75, 3.05) is 16.8 Å². The predicted octanol–water partition coefficient (Wildman–Crippen LogP) is 11.2. The quantitative estimate of drug-likeness (QED) is 0.161. The smallest absolute Gasteiger partial charge is 0.0540 e. The molecule has 0 heterocycles. The van der Waals surface area contributed by atoms with Gasteiger partial charge in [-0.2, -0.15) is 0 Å². The van der Waals surface area contributed by atoms with Crippen LogP contribution >= 0.6 is 0 Å². The van der Waals surface area contributed by atoms with Crippen molar-refractivity contribution in [1.82, 2.24) is 0 Å². The minimum absolute atomic E-state index is 0.915. The molecule has 2 nitrogen and oxygen atoms in total. The van der Waals surface area contributed by atoms with Crippen molar-refractivity contribution < 1.29 is 0 Å². The van der Waals surface area contributed by atoms with Gasteiger partial charge in [-0.05, 0) is 72.0 Å². The van der Waals surface area contributed by atoms with Gasteiger partial charge in [0.25, 0.3) is 0 Å². The fraction of sp³-hybridized carbons (Fsp3) is 0.0500. The number of anilines is 4. The molecular formula is C40H36N2. The molecule has 0 saturated carbocycles. The van der Waals surface area contributed by atoms with E-state index in [0.29, 0.717) is 0 Å². The molecule has 0 bridgehead atoms. The van der Waals surface area contributed by atoms with E-state index in [2.05, 4.69) is 157 Å². The van der Waals surface area contributed by atoms with Crippen molar-refractivity contribution in [3.8, 4) is 11.1 Å². The van der Waals surface area contributed by atoms with Crippen LogP contribution in [0.3, 0.4) is 0 Å². The zero-order valence-corrected chi connectivity index (χ0v) is 24.3.